The minimum atomic E-state index is -4.22. The van der Waals surface area contributed by atoms with Crippen molar-refractivity contribution in [2.75, 3.05) is 17.2 Å². The van der Waals surface area contributed by atoms with E-state index in [4.69, 9.17) is 5.73 Å². The summed E-state index contributed by atoms with van der Waals surface area (Å²) in [5.74, 6) is 0.777. The second-order valence-corrected chi connectivity index (χ2v) is 5.73. The molecular weight excluding hydrogens is 301 g/mol. The van der Waals surface area contributed by atoms with Crippen molar-refractivity contribution in [3.63, 3.8) is 0 Å². The number of nitrogen functional groups attached to an aromatic ring is 1. The van der Waals surface area contributed by atoms with Gasteiger partial charge in [-0.1, -0.05) is 0 Å². The van der Waals surface area contributed by atoms with Gasteiger partial charge in [-0.05, 0) is 25.0 Å². The SMILES string of the molecule is Nc1csc(-c2ccc(N3CCCC3C(F)(F)F)nc2)n1. The van der Waals surface area contributed by atoms with Gasteiger partial charge < -0.3 is 10.6 Å². The largest absolute Gasteiger partial charge is 0.408 e. The minimum absolute atomic E-state index is 0.121. The highest BCUT2D eigenvalue weighted by Gasteiger charge is 2.46. The third-order valence-corrected chi connectivity index (χ3v) is 4.35. The Balaban J connectivity index is 1.84. The van der Waals surface area contributed by atoms with Crippen LogP contribution < -0.4 is 10.6 Å². The third-order valence-electron chi connectivity index (χ3n) is 3.44. The molecule has 0 aromatic carbocycles. The number of nitrogens with zero attached hydrogens (tertiary/aromatic N) is 3. The second kappa shape index (κ2) is 5.18. The summed E-state index contributed by atoms with van der Waals surface area (Å²) in [6.07, 6.45) is -2.04. The van der Waals surface area contributed by atoms with Gasteiger partial charge in [-0.25, -0.2) is 9.97 Å². The lowest BCUT2D eigenvalue weighted by molar-refractivity contribution is -0.146. The Labute approximate surface area is 123 Å². The van der Waals surface area contributed by atoms with Gasteiger partial charge in [-0.2, -0.15) is 13.2 Å². The molecule has 1 saturated heterocycles. The first kappa shape index (κ1) is 14.1. The maximum absolute atomic E-state index is 13.0. The second-order valence-electron chi connectivity index (χ2n) is 4.88. The molecule has 2 aromatic rings. The van der Waals surface area contributed by atoms with Crippen LogP contribution in [0, 0.1) is 0 Å². The Hall–Kier alpha value is -1.83. The van der Waals surface area contributed by atoms with E-state index in [0.717, 1.165) is 5.56 Å². The third kappa shape index (κ3) is 2.80. The van der Waals surface area contributed by atoms with Gasteiger partial charge in [0, 0.05) is 23.7 Å². The number of pyridine rings is 1. The van der Waals surface area contributed by atoms with Gasteiger partial charge >= 0.3 is 6.18 Å². The van der Waals surface area contributed by atoms with Crippen LogP contribution in [-0.2, 0) is 0 Å². The van der Waals surface area contributed by atoms with E-state index in [-0.39, 0.29) is 6.42 Å². The fraction of sp³-hybridized carbons (Fsp3) is 0.385. The van der Waals surface area contributed by atoms with E-state index in [9.17, 15) is 13.2 Å². The van der Waals surface area contributed by atoms with Gasteiger partial charge in [-0.15, -0.1) is 11.3 Å². The van der Waals surface area contributed by atoms with Crippen molar-refractivity contribution in [2.45, 2.75) is 25.1 Å². The normalized spacial score (nSPS) is 19.2. The molecule has 1 fully saturated rings. The summed E-state index contributed by atoms with van der Waals surface area (Å²) in [6, 6.07) is 1.90. The summed E-state index contributed by atoms with van der Waals surface area (Å²) in [5, 5.41) is 2.42. The number of hydrogen-bond donors (Lipinski definition) is 1. The molecule has 8 heteroatoms. The molecule has 1 unspecified atom stereocenters. The van der Waals surface area contributed by atoms with E-state index >= 15 is 0 Å². The standard InChI is InChI=1S/C13H13F3N4S/c14-13(15,16)9-2-1-5-20(9)11-4-3-8(6-18-11)12-19-10(17)7-21-12/h3-4,6-7,9H,1-2,5,17H2. The van der Waals surface area contributed by atoms with Crippen LogP contribution in [0.25, 0.3) is 10.6 Å². The van der Waals surface area contributed by atoms with Crippen molar-refractivity contribution in [1.29, 1.82) is 0 Å². The van der Waals surface area contributed by atoms with Crippen LogP contribution in [0.2, 0.25) is 0 Å². The van der Waals surface area contributed by atoms with Gasteiger partial charge in [0.2, 0.25) is 0 Å². The molecule has 1 atom stereocenters. The van der Waals surface area contributed by atoms with Crippen molar-refractivity contribution in [2.24, 2.45) is 0 Å². The first-order valence-corrected chi connectivity index (χ1v) is 7.34. The van der Waals surface area contributed by atoms with Gasteiger partial charge in [0.15, 0.2) is 0 Å². The highest BCUT2D eigenvalue weighted by Crippen LogP contribution is 2.35. The summed E-state index contributed by atoms with van der Waals surface area (Å²) in [5.41, 5.74) is 6.31. The summed E-state index contributed by atoms with van der Waals surface area (Å²) in [4.78, 5) is 9.61. The monoisotopic (exact) mass is 314 g/mol. The molecule has 1 aliphatic heterocycles. The summed E-state index contributed by atoms with van der Waals surface area (Å²) >= 11 is 1.38. The summed E-state index contributed by atoms with van der Waals surface area (Å²) in [7, 11) is 0. The van der Waals surface area contributed by atoms with E-state index in [1.54, 1.807) is 23.7 Å². The Morgan fingerprint density at radius 3 is 2.71 bits per heavy atom. The number of anilines is 2. The molecule has 0 spiro atoms. The molecule has 2 aromatic heterocycles. The molecule has 1 aliphatic rings. The van der Waals surface area contributed by atoms with Gasteiger partial charge in [0.05, 0.1) is 0 Å². The number of halogens is 3. The van der Waals surface area contributed by atoms with E-state index in [2.05, 4.69) is 9.97 Å². The average Bonchev–Trinajstić information content (AvgIpc) is 3.07. The lowest BCUT2D eigenvalue weighted by Crippen LogP contribution is -2.41. The Bertz CT molecular complexity index is 623. The molecule has 0 saturated carbocycles. The number of rotatable bonds is 2. The highest BCUT2D eigenvalue weighted by atomic mass is 32.1. The van der Waals surface area contributed by atoms with Crippen LogP contribution in [0.1, 0.15) is 12.8 Å². The van der Waals surface area contributed by atoms with Crippen LogP contribution in [0.15, 0.2) is 23.7 Å². The van der Waals surface area contributed by atoms with Crippen LogP contribution in [0.5, 0.6) is 0 Å². The van der Waals surface area contributed by atoms with Crippen molar-refractivity contribution < 1.29 is 13.2 Å². The molecule has 4 nitrogen and oxygen atoms in total. The smallest absolute Gasteiger partial charge is 0.383 e. The molecule has 0 aliphatic carbocycles. The predicted molar refractivity (Wildman–Crippen MR) is 76.2 cm³/mol. The molecular formula is C13H13F3N4S. The molecule has 0 radical (unpaired) electrons. The first-order chi connectivity index (χ1) is 9.95. The number of nitrogens with two attached hydrogens (primary N) is 1. The van der Waals surface area contributed by atoms with E-state index in [1.807, 2.05) is 0 Å². The average molecular weight is 314 g/mol. The first-order valence-electron chi connectivity index (χ1n) is 6.46. The molecule has 112 valence electrons. The fourth-order valence-corrected chi connectivity index (χ4v) is 3.18. The minimum Gasteiger partial charge on any atom is -0.383 e. The zero-order valence-corrected chi connectivity index (χ0v) is 11.8. The van der Waals surface area contributed by atoms with Gasteiger partial charge in [-0.3, -0.25) is 0 Å². The van der Waals surface area contributed by atoms with Gasteiger partial charge in [0.1, 0.15) is 22.7 Å². The lowest BCUT2D eigenvalue weighted by atomic mass is 10.2. The van der Waals surface area contributed by atoms with Crippen molar-refractivity contribution in [3.05, 3.63) is 23.7 Å². The maximum atomic E-state index is 13.0. The number of alkyl halides is 3. The Morgan fingerprint density at radius 1 is 1.33 bits per heavy atom. The maximum Gasteiger partial charge on any atom is 0.408 e. The number of aromatic nitrogens is 2. The molecule has 0 bridgehead atoms. The topological polar surface area (TPSA) is 55.0 Å². The van der Waals surface area contributed by atoms with Crippen LogP contribution >= 0.6 is 11.3 Å². The van der Waals surface area contributed by atoms with Crippen molar-refractivity contribution in [1.82, 2.24) is 9.97 Å². The summed E-state index contributed by atoms with van der Waals surface area (Å²) in [6.45, 7) is 0.376. The van der Waals surface area contributed by atoms with E-state index in [1.165, 1.54) is 16.2 Å². The molecule has 3 rings (SSSR count). The number of thiazole rings is 1. The van der Waals surface area contributed by atoms with E-state index in [0.29, 0.717) is 29.6 Å². The van der Waals surface area contributed by atoms with Crippen molar-refractivity contribution >= 4 is 23.0 Å². The Morgan fingerprint density at radius 2 is 2.14 bits per heavy atom. The lowest BCUT2D eigenvalue weighted by Gasteiger charge is -2.27. The summed E-state index contributed by atoms with van der Waals surface area (Å²) < 4.78 is 38.9. The van der Waals surface area contributed by atoms with E-state index < -0.39 is 12.2 Å². The zero-order chi connectivity index (χ0) is 15.0. The quantitative estimate of drug-likeness (QED) is 0.924. The zero-order valence-electron chi connectivity index (χ0n) is 11.0. The Kier molecular flexibility index (Phi) is 3.48. The predicted octanol–water partition coefficient (Wildman–Crippen LogP) is 3.32. The highest BCUT2D eigenvalue weighted by molar-refractivity contribution is 7.13. The van der Waals surface area contributed by atoms with Crippen molar-refractivity contribution in [3.8, 4) is 10.6 Å². The van der Waals surface area contributed by atoms with Crippen LogP contribution in [0.4, 0.5) is 24.8 Å². The molecule has 2 N–H and O–H groups in total. The fourth-order valence-electron chi connectivity index (χ4n) is 2.48. The van der Waals surface area contributed by atoms with Gasteiger partial charge in [0.25, 0.3) is 0 Å². The van der Waals surface area contributed by atoms with Crippen LogP contribution in [-0.4, -0.2) is 28.7 Å². The molecule has 0 amide bonds. The van der Waals surface area contributed by atoms with Crippen LogP contribution in [0.3, 0.4) is 0 Å². The molecule has 3 heterocycles. The number of hydrogen-bond acceptors (Lipinski definition) is 5. The molecule has 21 heavy (non-hydrogen) atoms.